The van der Waals surface area contributed by atoms with Crippen LogP contribution >= 0.6 is 24.0 Å². The van der Waals surface area contributed by atoms with Gasteiger partial charge in [-0.25, -0.2) is 8.42 Å². The maximum absolute atomic E-state index is 11.4. The van der Waals surface area contributed by atoms with Gasteiger partial charge in [0.25, 0.3) is 0 Å². The predicted octanol–water partition coefficient (Wildman–Crippen LogP) is 2.45. The summed E-state index contributed by atoms with van der Waals surface area (Å²) in [7, 11) is -2.92. The van der Waals surface area contributed by atoms with Crippen LogP contribution in [0.1, 0.15) is 47.5 Å². The van der Waals surface area contributed by atoms with Gasteiger partial charge in [0.05, 0.1) is 5.75 Å². The number of nitrogens with one attached hydrogen (secondary N) is 1. The Balaban J connectivity index is 0.00000625. The van der Waals surface area contributed by atoms with Crippen molar-refractivity contribution in [2.75, 3.05) is 51.3 Å². The van der Waals surface area contributed by atoms with Gasteiger partial charge in [-0.15, -0.1) is 24.0 Å². The van der Waals surface area contributed by atoms with Crippen molar-refractivity contribution in [3.8, 4) is 0 Å². The molecule has 8 heteroatoms. The zero-order valence-electron chi connectivity index (χ0n) is 17.4. The van der Waals surface area contributed by atoms with Crippen molar-refractivity contribution in [1.29, 1.82) is 0 Å². The van der Waals surface area contributed by atoms with Gasteiger partial charge in [0.15, 0.2) is 5.96 Å². The van der Waals surface area contributed by atoms with Crippen molar-refractivity contribution in [2.24, 2.45) is 10.4 Å². The van der Waals surface area contributed by atoms with E-state index >= 15 is 0 Å². The van der Waals surface area contributed by atoms with E-state index in [0.717, 1.165) is 38.7 Å². The van der Waals surface area contributed by atoms with Crippen LogP contribution in [0.3, 0.4) is 0 Å². The summed E-state index contributed by atoms with van der Waals surface area (Å²) in [5, 5.41) is 3.40. The molecular formula is C18H39IN4O2S. The minimum Gasteiger partial charge on any atom is -0.357 e. The Morgan fingerprint density at radius 1 is 1.27 bits per heavy atom. The highest BCUT2D eigenvalue weighted by molar-refractivity contribution is 14.0. The summed E-state index contributed by atoms with van der Waals surface area (Å²) in [5.41, 5.74) is -0.123. The number of hydrogen-bond acceptors (Lipinski definition) is 4. The lowest BCUT2D eigenvalue weighted by molar-refractivity contribution is 0.223. The molecule has 0 saturated carbocycles. The van der Waals surface area contributed by atoms with Crippen LogP contribution in [0.2, 0.25) is 0 Å². The Labute approximate surface area is 178 Å². The van der Waals surface area contributed by atoms with Gasteiger partial charge in [-0.3, -0.25) is 9.89 Å². The number of nitrogens with zero attached hydrogens (tertiary/aromatic N) is 3. The molecule has 1 heterocycles. The first-order chi connectivity index (χ1) is 11.6. The lowest BCUT2D eigenvalue weighted by Crippen LogP contribution is -2.43. The van der Waals surface area contributed by atoms with Crippen molar-refractivity contribution < 1.29 is 8.42 Å². The molecule has 1 unspecified atom stereocenters. The molecule has 1 saturated heterocycles. The molecule has 0 amide bonds. The first kappa shape index (κ1) is 25.9. The fourth-order valence-electron chi connectivity index (χ4n) is 3.23. The molecule has 1 fully saturated rings. The van der Waals surface area contributed by atoms with Crippen molar-refractivity contribution in [1.82, 2.24) is 15.1 Å². The number of rotatable bonds is 9. The van der Waals surface area contributed by atoms with Crippen LogP contribution in [-0.4, -0.2) is 81.5 Å². The second kappa shape index (κ2) is 11.7. The normalized spacial score (nSPS) is 19.0. The molecule has 6 nitrogen and oxygen atoms in total. The third-order valence-corrected chi connectivity index (χ3v) is 5.88. The second-order valence-corrected chi connectivity index (χ2v) is 10.1. The first-order valence-corrected chi connectivity index (χ1v) is 11.6. The van der Waals surface area contributed by atoms with E-state index in [0.29, 0.717) is 19.0 Å². The summed E-state index contributed by atoms with van der Waals surface area (Å²) in [4.78, 5) is 9.69. The zero-order valence-corrected chi connectivity index (χ0v) is 20.6. The second-order valence-electron chi connectivity index (χ2n) is 7.82. The largest absolute Gasteiger partial charge is 0.357 e. The van der Waals surface area contributed by atoms with E-state index in [2.05, 4.69) is 49.7 Å². The molecule has 0 aliphatic carbocycles. The van der Waals surface area contributed by atoms with Gasteiger partial charge in [-0.1, -0.05) is 27.7 Å². The standard InChI is InChI=1S/C18H38N4O2S.HI/c1-7-19-17(20-15-18(4,5)11-13-25(6,23)24)22-12-10-16(14-22)21(8-2)9-3;/h16H,7-15H2,1-6H3,(H,19,20);1H. The third kappa shape index (κ3) is 9.21. The lowest BCUT2D eigenvalue weighted by Gasteiger charge is -2.28. The average molecular weight is 503 g/mol. The van der Waals surface area contributed by atoms with Crippen LogP contribution in [0.25, 0.3) is 0 Å². The van der Waals surface area contributed by atoms with E-state index in [1.54, 1.807) is 0 Å². The molecule has 0 radical (unpaired) electrons. The van der Waals surface area contributed by atoms with Gasteiger partial charge < -0.3 is 10.2 Å². The molecule has 0 bridgehead atoms. The fraction of sp³-hybridized carbons (Fsp3) is 0.944. The van der Waals surface area contributed by atoms with Gasteiger partial charge in [-0.05, 0) is 38.3 Å². The lowest BCUT2D eigenvalue weighted by atomic mass is 9.90. The van der Waals surface area contributed by atoms with Gasteiger partial charge in [0.2, 0.25) is 0 Å². The summed E-state index contributed by atoms with van der Waals surface area (Å²) in [6.45, 7) is 16.4. The summed E-state index contributed by atoms with van der Waals surface area (Å²) in [6, 6.07) is 0.595. The molecule has 26 heavy (non-hydrogen) atoms. The number of halogens is 1. The minimum atomic E-state index is -2.92. The maximum Gasteiger partial charge on any atom is 0.193 e. The molecule has 0 aromatic carbocycles. The van der Waals surface area contributed by atoms with Crippen molar-refractivity contribution in [3.05, 3.63) is 0 Å². The number of hydrogen-bond donors (Lipinski definition) is 1. The zero-order chi connectivity index (χ0) is 19.1. The molecule has 1 aliphatic rings. The Bertz CT molecular complexity index is 533. The van der Waals surface area contributed by atoms with E-state index < -0.39 is 9.84 Å². The molecule has 0 aromatic rings. The quantitative estimate of drug-likeness (QED) is 0.298. The molecule has 1 rings (SSSR count). The number of guanidine groups is 1. The van der Waals surface area contributed by atoms with Gasteiger partial charge >= 0.3 is 0 Å². The Hall–Kier alpha value is -0.0900. The molecular weight excluding hydrogens is 463 g/mol. The summed E-state index contributed by atoms with van der Waals surface area (Å²) in [5.74, 6) is 1.18. The average Bonchev–Trinajstić information content (AvgIpc) is 3.00. The Kier molecular flexibility index (Phi) is 11.6. The highest BCUT2D eigenvalue weighted by atomic mass is 127. The fourth-order valence-corrected chi connectivity index (χ4v) is 4.15. The van der Waals surface area contributed by atoms with E-state index in [4.69, 9.17) is 4.99 Å². The van der Waals surface area contributed by atoms with Crippen molar-refractivity contribution in [3.63, 3.8) is 0 Å². The third-order valence-electron chi connectivity index (χ3n) is 4.93. The van der Waals surface area contributed by atoms with Crippen molar-refractivity contribution >= 4 is 39.8 Å². The van der Waals surface area contributed by atoms with Crippen LogP contribution in [0.15, 0.2) is 4.99 Å². The molecule has 1 aliphatic heterocycles. The smallest absolute Gasteiger partial charge is 0.193 e. The number of aliphatic imine (C=N–C) groups is 1. The van der Waals surface area contributed by atoms with Crippen LogP contribution in [0, 0.1) is 5.41 Å². The van der Waals surface area contributed by atoms with Crippen LogP contribution in [0.5, 0.6) is 0 Å². The van der Waals surface area contributed by atoms with E-state index in [-0.39, 0.29) is 35.1 Å². The van der Waals surface area contributed by atoms with E-state index in [9.17, 15) is 8.42 Å². The highest BCUT2D eigenvalue weighted by Crippen LogP contribution is 2.22. The maximum atomic E-state index is 11.4. The summed E-state index contributed by atoms with van der Waals surface area (Å²) >= 11 is 0. The highest BCUT2D eigenvalue weighted by Gasteiger charge is 2.28. The van der Waals surface area contributed by atoms with Gasteiger partial charge in [0.1, 0.15) is 9.84 Å². The van der Waals surface area contributed by atoms with E-state index in [1.165, 1.54) is 12.7 Å². The predicted molar refractivity (Wildman–Crippen MR) is 122 cm³/mol. The van der Waals surface area contributed by atoms with Crippen molar-refractivity contribution in [2.45, 2.75) is 53.5 Å². The Morgan fingerprint density at radius 2 is 1.88 bits per heavy atom. The minimum absolute atomic E-state index is 0. The monoisotopic (exact) mass is 502 g/mol. The summed E-state index contributed by atoms with van der Waals surface area (Å²) < 4.78 is 22.8. The SMILES string of the molecule is CCNC(=NCC(C)(C)CCS(C)(=O)=O)N1CCC(N(CC)CC)C1.I. The molecule has 0 aromatic heterocycles. The topological polar surface area (TPSA) is 65.0 Å². The number of sulfone groups is 1. The van der Waals surface area contributed by atoms with Crippen LogP contribution in [-0.2, 0) is 9.84 Å². The molecule has 1 atom stereocenters. The summed E-state index contributed by atoms with van der Waals surface area (Å²) in [6.07, 6.45) is 3.11. The van der Waals surface area contributed by atoms with Crippen LogP contribution < -0.4 is 5.32 Å². The van der Waals surface area contributed by atoms with Gasteiger partial charge in [0, 0.05) is 38.5 Å². The number of likely N-dealkylation sites (tertiary alicyclic amines) is 1. The molecule has 1 N–H and O–H groups in total. The van der Waals surface area contributed by atoms with Crippen LogP contribution in [0.4, 0.5) is 0 Å². The number of likely N-dealkylation sites (N-methyl/N-ethyl adjacent to an activating group) is 1. The van der Waals surface area contributed by atoms with Gasteiger partial charge in [-0.2, -0.15) is 0 Å². The first-order valence-electron chi connectivity index (χ1n) is 9.57. The Morgan fingerprint density at radius 3 is 2.38 bits per heavy atom. The van der Waals surface area contributed by atoms with E-state index in [1.807, 2.05) is 0 Å². The molecule has 156 valence electrons. The molecule has 0 spiro atoms.